The summed E-state index contributed by atoms with van der Waals surface area (Å²) in [4.78, 5) is 57.5. The quantitative estimate of drug-likeness (QED) is 0.0989. The zero-order chi connectivity index (χ0) is 37.6. The zero-order valence-electron chi connectivity index (χ0n) is 29.6. The second-order valence-electron chi connectivity index (χ2n) is 12.6. The Kier molecular flexibility index (Phi) is 15.2. The van der Waals surface area contributed by atoms with Gasteiger partial charge < -0.3 is 29.9 Å². The minimum Gasteiger partial charge on any atom is -0.439 e. The lowest BCUT2D eigenvalue weighted by molar-refractivity contribution is -0.177. The Labute approximate surface area is 315 Å². The maximum absolute atomic E-state index is 13.5. The Morgan fingerprint density at radius 2 is 0.846 bits per heavy atom. The third kappa shape index (κ3) is 11.6. The van der Waals surface area contributed by atoms with Crippen LogP contribution in [0.5, 0.6) is 0 Å². The number of benzene rings is 4. The number of nitrogens with one attached hydrogen (secondary N) is 2. The van der Waals surface area contributed by atoms with Gasteiger partial charge in [0, 0.05) is 46.3 Å². The second-order valence-corrected chi connectivity index (χ2v) is 13.5. The summed E-state index contributed by atoms with van der Waals surface area (Å²) in [5, 5.41) is 6.92. The van der Waals surface area contributed by atoms with E-state index in [1.807, 2.05) is 86.5 Å². The number of rotatable bonds is 16. The summed E-state index contributed by atoms with van der Waals surface area (Å²) in [7, 11) is 7.75. The Bertz CT molecular complexity index is 1630. The van der Waals surface area contributed by atoms with Crippen LogP contribution in [0.1, 0.15) is 59.4 Å². The zero-order valence-corrected chi connectivity index (χ0v) is 31.1. The second kappa shape index (κ2) is 19.8. The number of esters is 2. The van der Waals surface area contributed by atoms with Crippen LogP contribution < -0.4 is 10.6 Å². The van der Waals surface area contributed by atoms with Gasteiger partial charge in [-0.25, -0.2) is 9.59 Å². The van der Waals surface area contributed by atoms with Gasteiger partial charge >= 0.3 is 11.9 Å². The van der Waals surface area contributed by atoms with Crippen molar-refractivity contribution in [3.8, 4) is 0 Å². The molecule has 10 nitrogen and oxygen atoms in total. The number of halogens is 2. The molecule has 4 aromatic carbocycles. The molecule has 4 unspecified atom stereocenters. The molecule has 52 heavy (non-hydrogen) atoms. The first-order chi connectivity index (χ1) is 24.9. The molecule has 0 heterocycles. The summed E-state index contributed by atoms with van der Waals surface area (Å²) in [5.74, 6) is -4.06. The fourth-order valence-electron chi connectivity index (χ4n) is 5.78. The number of ether oxygens (including phenoxy) is 2. The highest BCUT2D eigenvalue weighted by molar-refractivity contribution is 6.31. The molecule has 0 bridgehead atoms. The minimum absolute atomic E-state index is 0.0301. The first-order valence-corrected chi connectivity index (χ1v) is 17.6. The molecule has 2 N–H and O–H groups in total. The van der Waals surface area contributed by atoms with E-state index in [9.17, 15) is 19.2 Å². The number of hydrogen-bond donors (Lipinski definition) is 2. The van der Waals surface area contributed by atoms with Gasteiger partial charge in [0.1, 0.15) is 0 Å². The van der Waals surface area contributed by atoms with Crippen LogP contribution in [-0.2, 0) is 28.7 Å². The summed E-state index contributed by atoms with van der Waals surface area (Å²) in [5.41, 5.74) is 2.76. The van der Waals surface area contributed by atoms with Gasteiger partial charge in [-0.05, 0) is 76.4 Å². The fourth-order valence-corrected chi connectivity index (χ4v) is 6.03. The monoisotopic (exact) mass is 746 g/mol. The van der Waals surface area contributed by atoms with Crippen molar-refractivity contribution in [1.82, 2.24) is 20.4 Å². The molecule has 4 aromatic rings. The van der Waals surface area contributed by atoms with Crippen molar-refractivity contribution in [3.63, 3.8) is 0 Å². The van der Waals surface area contributed by atoms with Gasteiger partial charge in [0.2, 0.25) is 12.2 Å². The molecule has 0 fully saturated rings. The molecule has 0 saturated carbocycles. The Hall–Kier alpha value is -4.74. The highest BCUT2D eigenvalue weighted by Crippen LogP contribution is 2.26. The van der Waals surface area contributed by atoms with Crippen molar-refractivity contribution in [2.75, 3.05) is 41.3 Å². The number of carbonyl (C=O) groups excluding carboxylic acids is 4. The molecule has 274 valence electrons. The van der Waals surface area contributed by atoms with Crippen LogP contribution in [0.15, 0.2) is 109 Å². The minimum atomic E-state index is -1.45. The van der Waals surface area contributed by atoms with Crippen molar-refractivity contribution in [2.24, 2.45) is 0 Å². The van der Waals surface area contributed by atoms with Crippen molar-refractivity contribution in [2.45, 2.75) is 37.1 Å². The Morgan fingerprint density at radius 3 is 1.15 bits per heavy atom. The van der Waals surface area contributed by atoms with Crippen LogP contribution in [0.2, 0.25) is 10.0 Å². The summed E-state index contributed by atoms with van der Waals surface area (Å²) < 4.78 is 11.0. The van der Waals surface area contributed by atoms with Crippen molar-refractivity contribution < 1.29 is 28.7 Å². The lowest BCUT2D eigenvalue weighted by Gasteiger charge is -2.26. The first-order valence-electron chi connectivity index (χ1n) is 16.8. The molecule has 0 spiro atoms. The third-order valence-electron chi connectivity index (χ3n) is 8.49. The third-order valence-corrected chi connectivity index (χ3v) is 8.99. The summed E-state index contributed by atoms with van der Waals surface area (Å²) in [6.07, 6.45) is -1.81. The largest absolute Gasteiger partial charge is 0.439 e. The van der Waals surface area contributed by atoms with Crippen molar-refractivity contribution in [3.05, 3.63) is 141 Å². The smallest absolute Gasteiger partial charge is 0.418 e. The SMILES string of the molecule is CN(C)C(CCNC(=O)C(OC(=O)C(=O)OC(C(=O)NCCC(c1ccc(Cl)cc1)N(C)C)c1ccccc1)c1ccccc1)c1ccc(Cl)cc1. The molecular formula is C40H44Cl2N4O6. The molecule has 12 heteroatoms. The molecule has 0 aliphatic rings. The lowest BCUT2D eigenvalue weighted by Crippen LogP contribution is -2.38. The fraction of sp³-hybridized carbons (Fsp3) is 0.300. The van der Waals surface area contributed by atoms with E-state index >= 15 is 0 Å². The van der Waals surface area contributed by atoms with Crippen LogP contribution in [0.4, 0.5) is 0 Å². The molecule has 0 radical (unpaired) electrons. The van der Waals surface area contributed by atoms with E-state index in [0.29, 0.717) is 34.0 Å². The molecule has 4 atom stereocenters. The van der Waals surface area contributed by atoms with Gasteiger partial charge in [-0.15, -0.1) is 0 Å². The summed E-state index contributed by atoms with van der Waals surface area (Å²) in [6, 6.07) is 31.6. The van der Waals surface area contributed by atoms with E-state index in [-0.39, 0.29) is 25.2 Å². The van der Waals surface area contributed by atoms with E-state index in [1.54, 1.807) is 60.7 Å². The Balaban J connectivity index is 1.42. The van der Waals surface area contributed by atoms with Gasteiger partial charge in [0.05, 0.1) is 0 Å². The lowest BCUT2D eigenvalue weighted by atomic mass is 10.0. The van der Waals surface area contributed by atoms with Crippen LogP contribution in [0.3, 0.4) is 0 Å². The van der Waals surface area contributed by atoms with Crippen molar-refractivity contribution in [1.29, 1.82) is 0 Å². The van der Waals surface area contributed by atoms with Crippen LogP contribution in [-0.4, -0.2) is 74.8 Å². The van der Waals surface area contributed by atoms with Gasteiger partial charge in [-0.1, -0.05) is 108 Å². The average molecular weight is 748 g/mol. The standard InChI is InChI=1S/C40H44Cl2N4O6/c1-45(2)33(27-15-19-31(41)20-16-27)23-25-43-37(47)35(29-11-7-5-8-12-29)51-39(49)40(50)52-36(30-13-9-6-10-14-30)38(48)44-26-24-34(46(3)4)28-17-21-32(42)22-18-28/h5-22,33-36H,23-26H2,1-4H3,(H,43,47)(H,44,48). The van der Waals surface area contributed by atoms with E-state index in [1.165, 1.54) is 0 Å². The maximum Gasteiger partial charge on any atom is 0.418 e. The van der Waals surface area contributed by atoms with E-state index in [4.69, 9.17) is 32.7 Å². The van der Waals surface area contributed by atoms with E-state index < -0.39 is 36.0 Å². The predicted molar refractivity (Wildman–Crippen MR) is 202 cm³/mol. The number of hydrogen-bond acceptors (Lipinski definition) is 8. The predicted octanol–water partition coefficient (Wildman–Crippen LogP) is 6.48. The normalized spacial score (nSPS) is 13.5. The highest BCUT2D eigenvalue weighted by atomic mass is 35.5. The first kappa shape index (κ1) is 40.0. The van der Waals surface area contributed by atoms with Gasteiger partial charge in [0.25, 0.3) is 11.8 Å². The molecule has 2 amide bonds. The summed E-state index contributed by atoms with van der Waals surface area (Å²) in [6.45, 7) is 0.497. The van der Waals surface area contributed by atoms with Crippen LogP contribution >= 0.6 is 23.2 Å². The van der Waals surface area contributed by atoms with Crippen LogP contribution in [0.25, 0.3) is 0 Å². The van der Waals surface area contributed by atoms with Crippen molar-refractivity contribution >= 4 is 47.0 Å². The molecule has 0 saturated heterocycles. The molecule has 0 aliphatic heterocycles. The van der Waals surface area contributed by atoms with Gasteiger partial charge in [0.15, 0.2) is 0 Å². The molecular weight excluding hydrogens is 703 g/mol. The van der Waals surface area contributed by atoms with E-state index in [2.05, 4.69) is 10.6 Å². The van der Waals surface area contributed by atoms with E-state index in [0.717, 1.165) is 11.1 Å². The molecule has 4 rings (SSSR count). The molecule has 0 aromatic heterocycles. The summed E-state index contributed by atoms with van der Waals surface area (Å²) >= 11 is 12.1. The molecule has 0 aliphatic carbocycles. The topological polar surface area (TPSA) is 117 Å². The highest BCUT2D eigenvalue weighted by Gasteiger charge is 2.33. The number of amides is 2. The maximum atomic E-state index is 13.5. The number of carbonyl (C=O) groups is 4. The van der Waals surface area contributed by atoms with Crippen LogP contribution in [0, 0.1) is 0 Å². The Morgan fingerprint density at radius 1 is 0.519 bits per heavy atom. The number of nitrogens with zero attached hydrogens (tertiary/aromatic N) is 2. The van der Waals surface area contributed by atoms with Gasteiger partial charge in [-0.2, -0.15) is 0 Å². The average Bonchev–Trinajstić information content (AvgIpc) is 3.14. The van der Waals surface area contributed by atoms with Gasteiger partial charge in [-0.3, -0.25) is 9.59 Å².